The van der Waals surface area contributed by atoms with Crippen LogP contribution in [0.2, 0.25) is 0 Å². The smallest absolute Gasteiger partial charge is 0.0957 e. The molecule has 0 aromatic carbocycles. The van der Waals surface area contributed by atoms with E-state index in [2.05, 4.69) is 4.98 Å². The maximum Gasteiger partial charge on any atom is 0.0957 e. The van der Waals surface area contributed by atoms with Crippen molar-refractivity contribution in [1.29, 1.82) is 0 Å². The van der Waals surface area contributed by atoms with Crippen molar-refractivity contribution in [1.82, 2.24) is 4.98 Å². The van der Waals surface area contributed by atoms with E-state index in [9.17, 15) is 0 Å². The average molecular weight is 188 g/mol. The normalized spacial score (nSPS) is 13.0. The highest BCUT2D eigenvalue weighted by Gasteiger charge is 2.00. The molecule has 0 fully saturated rings. The molecule has 1 aromatic rings. The molecule has 11 heavy (non-hydrogen) atoms. The third-order valence-electron chi connectivity index (χ3n) is 1.43. The van der Waals surface area contributed by atoms with Crippen molar-refractivity contribution >= 4 is 23.4 Å². The van der Waals surface area contributed by atoms with Gasteiger partial charge in [-0.2, -0.15) is 0 Å². The first-order valence-electron chi connectivity index (χ1n) is 3.38. The first-order valence-corrected chi connectivity index (χ1v) is 5.04. The summed E-state index contributed by atoms with van der Waals surface area (Å²) < 4.78 is 0. The largest absolute Gasteiger partial charge is 0.250 e. The quantitative estimate of drug-likeness (QED) is 0.521. The fraction of sp³-hybridized carbons (Fsp3) is 0.375. The summed E-state index contributed by atoms with van der Waals surface area (Å²) in [5, 5.41) is 1.09. The summed E-state index contributed by atoms with van der Waals surface area (Å²) in [6, 6.07) is 4.00. The molecule has 0 saturated carbocycles. The first kappa shape index (κ1) is 8.88. The summed E-state index contributed by atoms with van der Waals surface area (Å²) in [5.74, 6) is 0. The van der Waals surface area contributed by atoms with E-state index in [1.54, 1.807) is 11.8 Å². The third kappa shape index (κ3) is 2.38. The summed E-state index contributed by atoms with van der Waals surface area (Å²) in [7, 11) is 0. The van der Waals surface area contributed by atoms with Gasteiger partial charge in [0.2, 0.25) is 0 Å². The van der Waals surface area contributed by atoms with Crippen molar-refractivity contribution < 1.29 is 0 Å². The minimum absolute atomic E-state index is 0.0541. The SMILES string of the molecule is CSc1ccc(C(C)Cl)cn1. The molecule has 0 aliphatic heterocycles. The predicted octanol–water partition coefficient (Wildman–Crippen LogP) is 3.10. The molecule has 1 aromatic heterocycles. The number of thioether (sulfide) groups is 1. The molecule has 3 heteroatoms. The molecule has 1 atom stereocenters. The van der Waals surface area contributed by atoms with Crippen LogP contribution in [0, 0.1) is 0 Å². The van der Waals surface area contributed by atoms with Crippen LogP contribution in [-0.4, -0.2) is 11.2 Å². The van der Waals surface area contributed by atoms with Crippen LogP contribution < -0.4 is 0 Å². The monoisotopic (exact) mass is 187 g/mol. The van der Waals surface area contributed by atoms with Crippen molar-refractivity contribution in [3.8, 4) is 0 Å². The number of halogens is 1. The van der Waals surface area contributed by atoms with E-state index in [0.29, 0.717) is 0 Å². The zero-order valence-corrected chi connectivity index (χ0v) is 8.12. The molecule has 60 valence electrons. The van der Waals surface area contributed by atoms with Crippen LogP contribution >= 0.6 is 23.4 Å². The molecule has 0 aliphatic carbocycles. The van der Waals surface area contributed by atoms with Gasteiger partial charge in [-0.3, -0.25) is 0 Å². The number of rotatable bonds is 2. The van der Waals surface area contributed by atoms with Crippen molar-refractivity contribution in [2.75, 3.05) is 6.26 Å². The Morgan fingerprint density at radius 3 is 2.64 bits per heavy atom. The Kier molecular flexibility index (Phi) is 3.21. The van der Waals surface area contributed by atoms with Gasteiger partial charge in [0, 0.05) is 6.20 Å². The van der Waals surface area contributed by atoms with Gasteiger partial charge < -0.3 is 0 Å². The number of hydrogen-bond acceptors (Lipinski definition) is 2. The maximum atomic E-state index is 5.85. The molecule has 0 N–H and O–H groups in total. The second-order valence-corrected chi connectivity index (χ2v) is 3.73. The van der Waals surface area contributed by atoms with Gasteiger partial charge >= 0.3 is 0 Å². The zero-order chi connectivity index (χ0) is 8.27. The lowest BCUT2D eigenvalue weighted by molar-refractivity contribution is 1.02. The highest BCUT2D eigenvalue weighted by atomic mass is 35.5. The van der Waals surface area contributed by atoms with Crippen LogP contribution in [0.4, 0.5) is 0 Å². The summed E-state index contributed by atoms with van der Waals surface area (Å²) in [6.45, 7) is 1.94. The third-order valence-corrected chi connectivity index (χ3v) is 2.34. The summed E-state index contributed by atoms with van der Waals surface area (Å²) >= 11 is 7.49. The zero-order valence-electron chi connectivity index (χ0n) is 6.54. The highest BCUT2D eigenvalue weighted by molar-refractivity contribution is 7.98. The fourth-order valence-corrected chi connectivity index (χ4v) is 1.24. The van der Waals surface area contributed by atoms with E-state index in [0.717, 1.165) is 10.6 Å². The second-order valence-electron chi connectivity index (χ2n) is 2.25. The Morgan fingerprint density at radius 2 is 2.27 bits per heavy atom. The summed E-state index contributed by atoms with van der Waals surface area (Å²) in [5.41, 5.74) is 1.07. The van der Waals surface area contributed by atoms with Gasteiger partial charge in [-0.25, -0.2) is 4.98 Å². The Hall–Kier alpha value is -0.210. The van der Waals surface area contributed by atoms with Crippen molar-refractivity contribution in [2.45, 2.75) is 17.3 Å². The Morgan fingerprint density at radius 1 is 1.55 bits per heavy atom. The molecule has 0 radical (unpaired) electrons. The van der Waals surface area contributed by atoms with E-state index in [4.69, 9.17) is 11.6 Å². The number of pyridine rings is 1. The van der Waals surface area contributed by atoms with Crippen molar-refractivity contribution in [3.63, 3.8) is 0 Å². The number of alkyl halides is 1. The molecular weight excluding hydrogens is 178 g/mol. The number of nitrogens with zero attached hydrogens (tertiary/aromatic N) is 1. The van der Waals surface area contributed by atoms with Crippen LogP contribution in [0.15, 0.2) is 23.4 Å². The Bertz CT molecular complexity index is 220. The molecule has 0 saturated heterocycles. The lowest BCUT2D eigenvalue weighted by Crippen LogP contribution is -1.86. The van der Waals surface area contributed by atoms with Gasteiger partial charge in [0.25, 0.3) is 0 Å². The second kappa shape index (κ2) is 3.98. The van der Waals surface area contributed by atoms with Gasteiger partial charge in [-0.15, -0.1) is 23.4 Å². The molecule has 0 aliphatic rings. The van der Waals surface area contributed by atoms with Crippen molar-refractivity contribution in [2.24, 2.45) is 0 Å². The van der Waals surface area contributed by atoms with Gasteiger partial charge in [0.1, 0.15) is 0 Å². The molecule has 1 unspecified atom stereocenters. The topological polar surface area (TPSA) is 12.9 Å². The maximum absolute atomic E-state index is 5.85. The van der Waals surface area contributed by atoms with Gasteiger partial charge in [0.05, 0.1) is 10.4 Å². The predicted molar refractivity (Wildman–Crippen MR) is 50.3 cm³/mol. The van der Waals surface area contributed by atoms with Gasteiger partial charge in [0.15, 0.2) is 0 Å². The molecule has 0 spiro atoms. The van der Waals surface area contributed by atoms with Crippen molar-refractivity contribution in [3.05, 3.63) is 23.9 Å². The first-order chi connectivity index (χ1) is 5.24. The number of hydrogen-bond donors (Lipinski definition) is 0. The van der Waals surface area contributed by atoms with Crippen LogP contribution in [-0.2, 0) is 0 Å². The molecule has 0 bridgehead atoms. The molecule has 1 heterocycles. The lowest BCUT2D eigenvalue weighted by atomic mass is 10.2. The van der Waals surface area contributed by atoms with Crippen LogP contribution in [0.25, 0.3) is 0 Å². The van der Waals surface area contributed by atoms with E-state index in [-0.39, 0.29) is 5.38 Å². The number of aromatic nitrogens is 1. The average Bonchev–Trinajstić information content (AvgIpc) is 2.05. The molecule has 1 nitrogen and oxygen atoms in total. The summed E-state index contributed by atoms with van der Waals surface area (Å²) in [6.07, 6.45) is 3.83. The van der Waals surface area contributed by atoms with Gasteiger partial charge in [-0.05, 0) is 24.8 Å². The van der Waals surface area contributed by atoms with Crippen LogP contribution in [0.1, 0.15) is 17.9 Å². The van der Waals surface area contributed by atoms with Crippen LogP contribution in [0.5, 0.6) is 0 Å². The molecular formula is C8H10ClNS. The summed E-state index contributed by atoms with van der Waals surface area (Å²) in [4.78, 5) is 4.20. The van der Waals surface area contributed by atoms with E-state index >= 15 is 0 Å². The van der Waals surface area contributed by atoms with Crippen LogP contribution in [0.3, 0.4) is 0 Å². The Labute approximate surface area is 76.2 Å². The van der Waals surface area contributed by atoms with Gasteiger partial charge in [-0.1, -0.05) is 6.07 Å². The minimum Gasteiger partial charge on any atom is -0.250 e. The fourth-order valence-electron chi connectivity index (χ4n) is 0.748. The standard InChI is InChI=1S/C8H10ClNS/c1-6(9)7-3-4-8(11-2)10-5-7/h3-6H,1-2H3. The molecule has 0 amide bonds. The minimum atomic E-state index is 0.0541. The highest BCUT2D eigenvalue weighted by Crippen LogP contribution is 2.20. The van der Waals surface area contributed by atoms with E-state index < -0.39 is 0 Å². The Balaban J connectivity index is 2.83. The van der Waals surface area contributed by atoms with E-state index in [1.807, 2.05) is 31.5 Å². The molecule has 1 rings (SSSR count). The van der Waals surface area contributed by atoms with E-state index in [1.165, 1.54) is 0 Å². The lowest BCUT2D eigenvalue weighted by Gasteiger charge is -2.01.